The topological polar surface area (TPSA) is 72.7 Å². The van der Waals surface area contributed by atoms with Gasteiger partial charge in [0.2, 0.25) is 0 Å². The molecule has 0 unspecified atom stereocenters. The minimum atomic E-state index is -4.49. The number of ether oxygens (including phenoxy) is 1. The van der Waals surface area contributed by atoms with Crippen LogP contribution in [0.15, 0.2) is 42.5 Å². The van der Waals surface area contributed by atoms with E-state index in [1.54, 1.807) is 0 Å². The van der Waals surface area contributed by atoms with Crippen LogP contribution in [0, 0.1) is 10.1 Å². The van der Waals surface area contributed by atoms with Crippen LogP contribution in [0.3, 0.4) is 0 Å². The molecule has 1 amide bonds. The zero-order valence-corrected chi connectivity index (χ0v) is 12.6. The predicted molar refractivity (Wildman–Crippen MR) is 81.7 cm³/mol. The molecule has 3 rings (SSSR count). The van der Waals surface area contributed by atoms with Gasteiger partial charge in [-0.15, -0.1) is 0 Å². The van der Waals surface area contributed by atoms with Crippen molar-refractivity contribution in [1.29, 1.82) is 0 Å². The summed E-state index contributed by atoms with van der Waals surface area (Å²) in [6, 6.07) is 7.65. The molecular formula is C16H11F3N2O4. The van der Waals surface area contributed by atoms with Gasteiger partial charge in [-0.2, -0.15) is 13.2 Å². The number of anilines is 1. The van der Waals surface area contributed by atoms with Crippen LogP contribution in [0.2, 0.25) is 0 Å². The smallest absolute Gasteiger partial charge is 0.416 e. The molecule has 0 saturated carbocycles. The lowest BCUT2D eigenvalue weighted by Gasteiger charge is -2.29. The first-order chi connectivity index (χ1) is 11.8. The fraction of sp³-hybridized carbons (Fsp3) is 0.188. The van der Waals surface area contributed by atoms with Crippen molar-refractivity contribution in [2.45, 2.75) is 6.18 Å². The van der Waals surface area contributed by atoms with E-state index in [0.29, 0.717) is 5.75 Å². The molecule has 25 heavy (non-hydrogen) atoms. The van der Waals surface area contributed by atoms with E-state index in [4.69, 9.17) is 4.74 Å². The summed E-state index contributed by atoms with van der Waals surface area (Å²) in [5.41, 5.74) is -0.811. The summed E-state index contributed by atoms with van der Waals surface area (Å²) in [6.45, 7) is 0.311. The van der Waals surface area contributed by atoms with Crippen molar-refractivity contribution in [1.82, 2.24) is 0 Å². The zero-order chi connectivity index (χ0) is 18.2. The fourth-order valence-corrected chi connectivity index (χ4v) is 2.49. The van der Waals surface area contributed by atoms with Crippen molar-refractivity contribution in [3.8, 4) is 5.75 Å². The summed E-state index contributed by atoms with van der Waals surface area (Å²) in [6.07, 6.45) is -4.49. The van der Waals surface area contributed by atoms with Gasteiger partial charge < -0.3 is 9.64 Å². The number of hydrogen-bond donors (Lipinski definition) is 0. The van der Waals surface area contributed by atoms with Crippen molar-refractivity contribution in [2.75, 3.05) is 18.1 Å². The molecule has 1 heterocycles. The van der Waals surface area contributed by atoms with Gasteiger partial charge in [0, 0.05) is 17.7 Å². The molecule has 130 valence electrons. The monoisotopic (exact) mass is 352 g/mol. The number of nitro benzene ring substituents is 1. The largest absolute Gasteiger partial charge is 0.490 e. The maximum Gasteiger partial charge on any atom is 0.416 e. The molecule has 6 nitrogen and oxygen atoms in total. The summed E-state index contributed by atoms with van der Waals surface area (Å²) in [5, 5.41) is 10.9. The number of nitro groups is 1. The fourth-order valence-electron chi connectivity index (χ4n) is 2.49. The number of hydrogen-bond acceptors (Lipinski definition) is 4. The number of amides is 1. The molecule has 0 saturated heterocycles. The second-order valence-electron chi connectivity index (χ2n) is 5.29. The first kappa shape index (κ1) is 16.7. The van der Waals surface area contributed by atoms with E-state index in [0.717, 1.165) is 24.3 Å². The molecule has 0 aromatic heterocycles. The Hall–Kier alpha value is -3.10. The lowest BCUT2D eigenvalue weighted by molar-refractivity contribution is -0.384. The van der Waals surface area contributed by atoms with Crippen molar-refractivity contribution < 1.29 is 27.6 Å². The predicted octanol–water partition coefficient (Wildman–Crippen LogP) is 3.65. The molecule has 0 bridgehead atoms. The number of halogens is 3. The molecule has 0 aliphatic carbocycles. The number of alkyl halides is 3. The van der Waals surface area contributed by atoms with Crippen LogP contribution in [-0.2, 0) is 6.18 Å². The number of non-ortho nitro benzene ring substituents is 1. The van der Waals surface area contributed by atoms with Gasteiger partial charge >= 0.3 is 6.18 Å². The van der Waals surface area contributed by atoms with Crippen LogP contribution < -0.4 is 9.64 Å². The van der Waals surface area contributed by atoms with Crippen LogP contribution in [0.4, 0.5) is 24.5 Å². The van der Waals surface area contributed by atoms with E-state index in [1.165, 1.54) is 23.1 Å². The third kappa shape index (κ3) is 3.25. The molecule has 1 aliphatic rings. The highest BCUT2D eigenvalue weighted by molar-refractivity contribution is 6.07. The van der Waals surface area contributed by atoms with Crippen molar-refractivity contribution in [2.24, 2.45) is 0 Å². The molecule has 0 N–H and O–H groups in total. The van der Waals surface area contributed by atoms with Gasteiger partial charge in [0.25, 0.3) is 11.6 Å². The molecule has 2 aromatic rings. The highest BCUT2D eigenvalue weighted by Gasteiger charge is 2.31. The Morgan fingerprint density at radius 3 is 2.44 bits per heavy atom. The first-order valence-electron chi connectivity index (χ1n) is 7.18. The zero-order valence-electron chi connectivity index (χ0n) is 12.6. The number of benzene rings is 2. The van der Waals surface area contributed by atoms with E-state index < -0.39 is 22.6 Å². The number of carbonyl (C=O) groups is 1. The number of rotatable bonds is 2. The van der Waals surface area contributed by atoms with E-state index >= 15 is 0 Å². The Kier molecular flexibility index (Phi) is 4.07. The normalized spacial score (nSPS) is 13.8. The Labute approximate surface area is 139 Å². The Bertz CT molecular complexity index is 834. The average Bonchev–Trinajstić information content (AvgIpc) is 2.59. The van der Waals surface area contributed by atoms with E-state index in [2.05, 4.69) is 0 Å². The molecular weight excluding hydrogens is 341 g/mol. The Balaban J connectivity index is 1.94. The van der Waals surface area contributed by atoms with Crippen LogP contribution >= 0.6 is 0 Å². The Morgan fingerprint density at radius 2 is 1.84 bits per heavy atom. The number of carbonyl (C=O) groups excluding carboxylic acids is 1. The van der Waals surface area contributed by atoms with Gasteiger partial charge in [0.05, 0.1) is 22.7 Å². The highest BCUT2D eigenvalue weighted by Crippen LogP contribution is 2.36. The number of nitrogens with zero attached hydrogens (tertiary/aromatic N) is 2. The molecule has 9 heteroatoms. The van der Waals surface area contributed by atoms with Gasteiger partial charge in [-0.3, -0.25) is 14.9 Å². The standard InChI is InChI=1S/C16H11F3N2O4/c17-16(18,19)11-3-1-10(2-4-11)15(22)20-7-8-25-14-6-5-12(21(23)24)9-13(14)20/h1-6,9H,7-8H2. The average molecular weight is 352 g/mol. The van der Waals surface area contributed by atoms with E-state index in [-0.39, 0.29) is 30.1 Å². The van der Waals surface area contributed by atoms with Crippen LogP contribution in [0.25, 0.3) is 0 Å². The minimum absolute atomic E-state index is 0.0485. The second-order valence-corrected chi connectivity index (χ2v) is 5.29. The third-order valence-corrected chi connectivity index (χ3v) is 3.72. The molecule has 2 aromatic carbocycles. The quantitative estimate of drug-likeness (QED) is 0.611. The van der Waals surface area contributed by atoms with Gasteiger partial charge in [0.1, 0.15) is 12.4 Å². The molecule has 0 atom stereocenters. The van der Waals surface area contributed by atoms with Crippen molar-refractivity contribution in [3.63, 3.8) is 0 Å². The van der Waals surface area contributed by atoms with E-state index in [1.807, 2.05) is 0 Å². The summed E-state index contributed by atoms with van der Waals surface area (Å²) in [4.78, 5) is 24.2. The van der Waals surface area contributed by atoms with Gasteiger partial charge in [-0.05, 0) is 30.3 Å². The molecule has 0 spiro atoms. The lowest BCUT2D eigenvalue weighted by Crippen LogP contribution is -2.38. The summed E-state index contributed by atoms with van der Waals surface area (Å²) in [5.74, 6) is -0.254. The first-order valence-corrected chi connectivity index (χ1v) is 7.18. The van der Waals surface area contributed by atoms with Gasteiger partial charge in [-0.25, -0.2) is 0 Å². The molecule has 0 fully saturated rings. The van der Waals surface area contributed by atoms with Gasteiger partial charge in [-0.1, -0.05) is 0 Å². The maximum absolute atomic E-state index is 12.6. The SMILES string of the molecule is O=C(c1ccc(C(F)(F)F)cc1)N1CCOc2ccc([N+](=O)[O-])cc21. The Morgan fingerprint density at radius 1 is 1.16 bits per heavy atom. The van der Waals surface area contributed by atoms with Gasteiger partial charge in [0.15, 0.2) is 0 Å². The molecule has 1 aliphatic heterocycles. The van der Waals surface area contributed by atoms with Crippen LogP contribution in [0.5, 0.6) is 5.75 Å². The van der Waals surface area contributed by atoms with Crippen molar-refractivity contribution in [3.05, 3.63) is 63.7 Å². The van der Waals surface area contributed by atoms with E-state index in [9.17, 15) is 28.1 Å². The van der Waals surface area contributed by atoms with Crippen molar-refractivity contribution >= 4 is 17.3 Å². The number of fused-ring (bicyclic) bond motifs is 1. The lowest BCUT2D eigenvalue weighted by atomic mass is 10.1. The highest BCUT2D eigenvalue weighted by atomic mass is 19.4. The van der Waals surface area contributed by atoms with Crippen LogP contribution in [-0.4, -0.2) is 24.0 Å². The molecule has 0 radical (unpaired) electrons. The summed E-state index contributed by atoms with van der Waals surface area (Å²) >= 11 is 0. The maximum atomic E-state index is 12.6. The third-order valence-electron chi connectivity index (χ3n) is 3.72. The van der Waals surface area contributed by atoms with Crippen LogP contribution in [0.1, 0.15) is 15.9 Å². The second kappa shape index (κ2) is 6.08. The summed E-state index contributed by atoms with van der Waals surface area (Å²) < 4.78 is 43.2. The minimum Gasteiger partial charge on any atom is -0.490 e. The summed E-state index contributed by atoms with van der Waals surface area (Å²) in [7, 11) is 0.